The molecule has 0 radical (unpaired) electrons. The number of nitrogens with two attached hydrogens (primary N) is 1. The number of aromatic nitrogens is 2. The Morgan fingerprint density at radius 1 is 1.53 bits per heavy atom. The number of hydrogen-bond donors (Lipinski definition) is 2. The Morgan fingerprint density at radius 2 is 2.24 bits per heavy atom. The molecular formula is C10H14Cl2N4O. The molecule has 0 saturated heterocycles. The van der Waals surface area contributed by atoms with Crippen molar-refractivity contribution in [3.05, 3.63) is 16.5 Å². The molecule has 5 nitrogen and oxygen atoms in total. The maximum atomic E-state index is 11.7. The Morgan fingerprint density at radius 3 is 2.82 bits per heavy atom. The molecule has 1 heterocycles. The van der Waals surface area contributed by atoms with E-state index < -0.39 is 0 Å². The van der Waals surface area contributed by atoms with Gasteiger partial charge in [-0.25, -0.2) is 9.97 Å². The van der Waals surface area contributed by atoms with Crippen molar-refractivity contribution >= 4 is 34.9 Å². The summed E-state index contributed by atoms with van der Waals surface area (Å²) in [6, 6.07) is 0. The van der Waals surface area contributed by atoms with Crippen LogP contribution in [-0.2, 0) is 4.79 Å². The lowest BCUT2D eigenvalue weighted by molar-refractivity contribution is -0.117. The van der Waals surface area contributed by atoms with E-state index in [1.54, 1.807) is 0 Å². The lowest BCUT2D eigenvalue weighted by atomic mass is 10.0. The molecular weight excluding hydrogens is 263 g/mol. The van der Waals surface area contributed by atoms with Crippen molar-refractivity contribution < 1.29 is 4.79 Å². The summed E-state index contributed by atoms with van der Waals surface area (Å²) >= 11 is 11.5. The molecule has 1 rings (SSSR count). The molecule has 7 heteroatoms. The second-order valence-electron chi connectivity index (χ2n) is 3.59. The molecule has 0 spiro atoms. The van der Waals surface area contributed by atoms with Crippen LogP contribution in [0.15, 0.2) is 6.33 Å². The quantitative estimate of drug-likeness (QED) is 0.807. The SMILES string of the molecule is CCC(CN)CC(=O)Nc1ncnc(Cl)c1Cl. The summed E-state index contributed by atoms with van der Waals surface area (Å²) < 4.78 is 0. The topological polar surface area (TPSA) is 80.9 Å². The third kappa shape index (κ3) is 4.11. The smallest absolute Gasteiger partial charge is 0.225 e. The Hall–Kier alpha value is -0.910. The highest BCUT2D eigenvalue weighted by molar-refractivity contribution is 6.42. The van der Waals surface area contributed by atoms with E-state index in [2.05, 4.69) is 15.3 Å². The molecule has 0 aliphatic rings. The van der Waals surface area contributed by atoms with Crippen LogP contribution in [0.2, 0.25) is 10.2 Å². The number of halogens is 2. The normalized spacial score (nSPS) is 12.2. The van der Waals surface area contributed by atoms with Crippen LogP contribution in [0.25, 0.3) is 0 Å². The Labute approximate surface area is 110 Å². The fraction of sp³-hybridized carbons (Fsp3) is 0.500. The standard InChI is InChI=1S/C10H14Cl2N4O/c1-2-6(4-13)3-7(17)16-10-8(11)9(12)14-5-15-10/h5-6H,2-4,13H2,1H3,(H,14,15,16,17). The van der Waals surface area contributed by atoms with Crippen molar-refractivity contribution in [1.29, 1.82) is 0 Å². The second kappa shape index (κ2) is 6.74. The van der Waals surface area contributed by atoms with Gasteiger partial charge in [0, 0.05) is 6.42 Å². The Bertz CT molecular complexity index is 396. The van der Waals surface area contributed by atoms with Gasteiger partial charge in [-0.1, -0.05) is 36.5 Å². The summed E-state index contributed by atoms with van der Waals surface area (Å²) in [5.41, 5.74) is 5.53. The monoisotopic (exact) mass is 276 g/mol. The zero-order valence-corrected chi connectivity index (χ0v) is 10.9. The largest absolute Gasteiger partial charge is 0.330 e. The lowest BCUT2D eigenvalue weighted by Crippen LogP contribution is -2.22. The van der Waals surface area contributed by atoms with Gasteiger partial charge >= 0.3 is 0 Å². The molecule has 0 aromatic carbocycles. The maximum Gasteiger partial charge on any atom is 0.225 e. The highest BCUT2D eigenvalue weighted by atomic mass is 35.5. The molecule has 3 N–H and O–H groups in total. The molecule has 1 atom stereocenters. The van der Waals surface area contributed by atoms with Gasteiger partial charge in [0.25, 0.3) is 0 Å². The van der Waals surface area contributed by atoms with Gasteiger partial charge in [0.1, 0.15) is 11.3 Å². The molecule has 1 aromatic heterocycles. The van der Waals surface area contributed by atoms with E-state index in [1.165, 1.54) is 6.33 Å². The summed E-state index contributed by atoms with van der Waals surface area (Å²) in [5.74, 6) is 0.202. The average Bonchev–Trinajstić information content (AvgIpc) is 2.32. The first-order valence-electron chi connectivity index (χ1n) is 5.24. The molecule has 94 valence electrons. The molecule has 1 unspecified atom stereocenters. The summed E-state index contributed by atoms with van der Waals surface area (Å²) in [4.78, 5) is 19.2. The number of carbonyl (C=O) groups is 1. The van der Waals surface area contributed by atoms with Crippen molar-refractivity contribution in [3.8, 4) is 0 Å². The van der Waals surface area contributed by atoms with Gasteiger partial charge in [-0.05, 0) is 12.5 Å². The zero-order chi connectivity index (χ0) is 12.8. The average molecular weight is 277 g/mol. The van der Waals surface area contributed by atoms with E-state index in [9.17, 15) is 4.79 Å². The van der Waals surface area contributed by atoms with Crippen LogP contribution < -0.4 is 11.1 Å². The molecule has 0 aliphatic carbocycles. The Balaban J connectivity index is 2.65. The van der Waals surface area contributed by atoms with Crippen LogP contribution >= 0.6 is 23.2 Å². The van der Waals surface area contributed by atoms with Crippen LogP contribution in [-0.4, -0.2) is 22.4 Å². The van der Waals surface area contributed by atoms with Gasteiger partial charge in [0.15, 0.2) is 11.0 Å². The number of rotatable bonds is 5. The van der Waals surface area contributed by atoms with E-state index in [-0.39, 0.29) is 27.8 Å². The van der Waals surface area contributed by atoms with E-state index in [0.29, 0.717) is 13.0 Å². The second-order valence-corrected chi connectivity index (χ2v) is 4.33. The summed E-state index contributed by atoms with van der Waals surface area (Å²) in [6.07, 6.45) is 2.43. The number of nitrogens with zero attached hydrogens (tertiary/aromatic N) is 2. The van der Waals surface area contributed by atoms with Crippen LogP contribution in [0.3, 0.4) is 0 Å². The maximum absolute atomic E-state index is 11.7. The number of amides is 1. The first-order chi connectivity index (χ1) is 8.08. The van der Waals surface area contributed by atoms with Gasteiger partial charge in [0.2, 0.25) is 5.91 Å². The molecule has 1 aromatic rings. The van der Waals surface area contributed by atoms with Crippen molar-refractivity contribution in [1.82, 2.24) is 9.97 Å². The number of carbonyl (C=O) groups excluding carboxylic acids is 1. The van der Waals surface area contributed by atoms with Gasteiger partial charge in [0.05, 0.1) is 0 Å². The third-order valence-corrected chi connectivity index (χ3v) is 3.13. The molecule has 0 saturated carbocycles. The van der Waals surface area contributed by atoms with Crippen LogP contribution in [0.1, 0.15) is 19.8 Å². The summed E-state index contributed by atoms with van der Waals surface area (Å²) in [5, 5.41) is 2.84. The molecule has 0 bridgehead atoms. The van der Waals surface area contributed by atoms with Gasteiger partial charge in [-0.15, -0.1) is 0 Å². The first-order valence-corrected chi connectivity index (χ1v) is 6.00. The van der Waals surface area contributed by atoms with E-state index in [0.717, 1.165) is 6.42 Å². The number of hydrogen-bond acceptors (Lipinski definition) is 4. The predicted octanol–water partition coefficient (Wildman–Crippen LogP) is 2.10. The fourth-order valence-corrected chi connectivity index (χ4v) is 1.55. The molecule has 0 aliphatic heterocycles. The van der Waals surface area contributed by atoms with Gasteiger partial charge in [-0.3, -0.25) is 4.79 Å². The van der Waals surface area contributed by atoms with E-state index in [4.69, 9.17) is 28.9 Å². The number of anilines is 1. The molecule has 1 amide bonds. The van der Waals surface area contributed by atoms with Crippen LogP contribution in [0.4, 0.5) is 5.82 Å². The Kier molecular flexibility index (Phi) is 5.61. The van der Waals surface area contributed by atoms with Crippen molar-refractivity contribution in [3.63, 3.8) is 0 Å². The highest BCUT2D eigenvalue weighted by Gasteiger charge is 2.14. The van der Waals surface area contributed by atoms with Crippen molar-refractivity contribution in [2.45, 2.75) is 19.8 Å². The molecule has 0 fully saturated rings. The predicted molar refractivity (Wildman–Crippen MR) is 68.1 cm³/mol. The van der Waals surface area contributed by atoms with E-state index in [1.807, 2.05) is 6.92 Å². The minimum Gasteiger partial charge on any atom is -0.330 e. The van der Waals surface area contributed by atoms with Gasteiger partial charge < -0.3 is 11.1 Å². The van der Waals surface area contributed by atoms with E-state index >= 15 is 0 Å². The van der Waals surface area contributed by atoms with Crippen molar-refractivity contribution in [2.24, 2.45) is 11.7 Å². The van der Waals surface area contributed by atoms with Crippen LogP contribution in [0, 0.1) is 5.92 Å². The van der Waals surface area contributed by atoms with Crippen LogP contribution in [0.5, 0.6) is 0 Å². The summed E-state index contributed by atoms with van der Waals surface area (Å²) in [7, 11) is 0. The van der Waals surface area contributed by atoms with Gasteiger partial charge in [-0.2, -0.15) is 0 Å². The lowest BCUT2D eigenvalue weighted by Gasteiger charge is -2.12. The first kappa shape index (κ1) is 14.2. The fourth-order valence-electron chi connectivity index (χ4n) is 1.28. The number of nitrogens with one attached hydrogen (secondary N) is 1. The van der Waals surface area contributed by atoms with Crippen molar-refractivity contribution in [2.75, 3.05) is 11.9 Å². The minimum atomic E-state index is -0.182. The zero-order valence-electron chi connectivity index (χ0n) is 9.41. The third-order valence-electron chi connectivity index (χ3n) is 2.39. The summed E-state index contributed by atoms with van der Waals surface area (Å²) in [6.45, 7) is 2.46. The highest BCUT2D eigenvalue weighted by Crippen LogP contribution is 2.25. The molecule has 17 heavy (non-hydrogen) atoms. The minimum absolute atomic E-state index is 0.114.